The van der Waals surface area contributed by atoms with Gasteiger partial charge in [0, 0.05) is 19.1 Å². The number of hydrogen-bond donors (Lipinski definition) is 1. The van der Waals surface area contributed by atoms with Gasteiger partial charge >= 0.3 is 0 Å². The second-order valence-corrected chi connectivity index (χ2v) is 4.80. The molecule has 1 aliphatic heterocycles. The molecule has 1 aromatic carbocycles. The molecule has 2 rings (SSSR count). The van der Waals surface area contributed by atoms with E-state index in [-0.39, 0.29) is 0 Å². The summed E-state index contributed by atoms with van der Waals surface area (Å²) < 4.78 is 0. The third-order valence-electron chi connectivity index (χ3n) is 3.46. The molecule has 0 bridgehead atoms. The molecule has 1 aliphatic rings. The van der Waals surface area contributed by atoms with E-state index in [1.807, 2.05) is 7.05 Å². The highest BCUT2D eigenvalue weighted by Gasteiger charge is 2.14. The summed E-state index contributed by atoms with van der Waals surface area (Å²) in [5.41, 5.74) is 3.06. The van der Waals surface area contributed by atoms with Gasteiger partial charge in [0.2, 0.25) is 0 Å². The van der Waals surface area contributed by atoms with Crippen molar-refractivity contribution >= 4 is 0 Å². The average Bonchev–Trinajstić information content (AvgIpc) is 2.50. The van der Waals surface area contributed by atoms with Crippen LogP contribution >= 0.6 is 0 Å². The van der Waals surface area contributed by atoms with Crippen molar-refractivity contribution in [2.45, 2.75) is 32.4 Å². The van der Waals surface area contributed by atoms with Gasteiger partial charge in [0.15, 0.2) is 0 Å². The van der Waals surface area contributed by atoms with Crippen LogP contribution in [0.1, 0.15) is 24.5 Å². The van der Waals surface area contributed by atoms with E-state index in [1.165, 1.54) is 24.9 Å². The van der Waals surface area contributed by atoms with Crippen LogP contribution in [0.5, 0.6) is 0 Å². The maximum absolute atomic E-state index is 3.31. The van der Waals surface area contributed by atoms with E-state index in [4.69, 9.17) is 0 Å². The predicted octanol–water partition coefficient (Wildman–Crippen LogP) is 2.04. The summed E-state index contributed by atoms with van der Waals surface area (Å²) in [6.45, 7) is 5.73. The normalized spacial score (nSPS) is 18.9. The van der Waals surface area contributed by atoms with Gasteiger partial charge in [-0.25, -0.2) is 0 Å². The smallest absolute Gasteiger partial charge is 0.0237 e. The number of fused-ring (bicyclic) bond motifs is 1. The van der Waals surface area contributed by atoms with Crippen molar-refractivity contribution in [3.63, 3.8) is 0 Å². The Bertz CT molecular complexity index is 335. The monoisotopic (exact) mass is 218 g/mol. The van der Waals surface area contributed by atoms with Crippen LogP contribution in [0.25, 0.3) is 0 Å². The molecule has 1 heterocycles. The van der Waals surface area contributed by atoms with Crippen LogP contribution in [-0.4, -0.2) is 31.1 Å². The lowest BCUT2D eigenvalue weighted by molar-refractivity contribution is 0.246. The molecule has 2 heteroatoms. The van der Waals surface area contributed by atoms with Crippen LogP contribution in [0.2, 0.25) is 0 Å². The van der Waals surface area contributed by atoms with Crippen LogP contribution in [0.4, 0.5) is 0 Å². The first-order valence-electron chi connectivity index (χ1n) is 6.26. The number of aryl methyl sites for hydroxylation is 1. The van der Waals surface area contributed by atoms with E-state index in [1.54, 1.807) is 5.56 Å². The second kappa shape index (κ2) is 5.46. The first-order valence-corrected chi connectivity index (χ1v) is 6.26. The molecule has 0 unspecified atom stereocenters. The van der Waals surface area contributed by atoms with Crippen molar-refractivity contribution in [2.24, 2.45) is 0 Å². The minimum atomic E-state index is 0.574. The molecule has 16 heavy (non-hydrogen) atoms. The van der Waals surface area contributed by atoms with Gasteiger partial charge in [-0.15, -0.1) is 0 Å². The molecule has 1 atom stereocenters. The fraction of sp³-hybridized carbons (Fsp3) is 0.571. The minimum Gasteiger partial charge on any atom is -0.316 e. The number of likely N-dealkylation sites (N-methyl/N-ethyl adjacent to an activating group) is 1. The standard InChI is InChI=1S/C14H22N2/c1-12(15-2)10-16-9-5-8-13-6-3-4-7-14(13)11-16/h3-4,6-7,12,15H,5,8-11H2,1-2H3/t12-/m1/s1. The number of hydrogen-bond acceptors (Lipinski definition) is 2. The molecule has 1 N–H and O–H groups in total. The number of nitrogens with one attached hydrogen (secondary N) is 1. The van der Waals surface area contributed by atoms with Crippen molar-refractivity contribution < 1.29 is 0 Å². The number of benzene rings is 1. The van der Waals surface area contributed by atoms with Gasteiger partial charge in [0.25, 0.3) is 0 Å². The Balaban J connectivity index is 2.05. The third-order valence-corrected chi connectivity index (χ3v) is 3.46. The van der Waals surface area contributed by atoms with Gasteiger partial charge < -0.3 is 5.32 Å². The van der Waals surface area contributed by atoms with Crippen molar-refractivity contribution in [1.29, 1.82) is 0 Å². The van der Waals surface area contributed by atoms with Crippen molar-refractivity contribution in [3.05, 3.63) is 35.4 Å². The molecular formula is C14H22N2. The zero-order valence-electron chi connectivity index (χ0n) is 10.4. The second-order valence-electron chi connectivity index (χ2n) is 4.80. The Morgan fingerprint density at radius 3 is 2.81 bits per heavy atom. The summed E-state index contributed by atoms with van der Waals surface area (Å²) >= 11 is 0. The number of rotatable bonds is 3. The van der Waals surface area contributed by atoms with E-state index in [2.05, 4.69) is 41.4 Å². The SMILES string of the molecule is CN[C@H](C)CN1CCCc2ccccc2C1. The van der Waals surface area contributed by atoms with Crippen molar-refractivity contribution in [1.82, 2.24) is 10.2 Å². The van der Waals surface area contributed by atoms with Gasteiger partial charge in [-0.3, -0.25) is 4.90 Å². The van der Waals surface area contributed by atoms with E-state index < -0.39 is 0 Å². The maximum atomic E-state index is 3.31. The molecule has 2 nitrogen and oxygen atoms in total. The molecule has 88 valence electrons. The molecule has 0 fully saturated rings. The Kier molecular flexibility index (Phi) is 3.97. The van der Waals surface area contributed by atoms with Gasteiger partial charge in [-0.05, 0) is 44.5 Å². The lowest BCUT2D eigenvalue weighted by Gasteiger charge is -2.24. The highest BCUT2D eigenvalue weighted by atomic mass is 15.1. The summed E-state index contributed by atoms with van der Waals surface area (Å²) in [4.78, 5) is 2.56. The number of nitrogens with zero attached hydrogens (tertiary/aromatic N) is 1. The Morgan fingerprint density at radius 2 is 2.06 bits per heavy atom. The molecule has 0 spiro atoms. The Morgan fingerprint density at radius 1 is 1.31 bits per heavy atom. The van der Waals surface area contributed by atoms with E-state index >= 15 is 0 Å². The molecule has 0 saturated heterocycles. The van der Waals surface area contributed by atoms with Crippen LogP contribution in [0, 0.1) is 0 Å². The molecule has 0 amide bonds. The van der Waals surface area contributed by atoms with Gasteiger partial charge in [0.05, 0.1) is 0 Å². The van der Waals surface area contributed by atoms with Crippen molar-refractivity contribution in [2.75, 3.05) is 20.1 Å². The maximum Gasteiger partial charge on any atom is 0.0237 e. The van der Waals surface area contributed by atoms with E-state index in [0.29, 0.717) is 6.04 Å². The van der Waals surface area contributed by atoms with Gasteiger partial charge in [-0.1, -0.05) is 24.3 Å². The van der Waals surface area contributed by atoms with Gasteiger partial charge in [0.1, 0.15) is 0 Å². The molecule has 0 aliphatic carbocycles. The van der Waals surface area contributed by atoms with Crippen molar-refractivity contribution in [3.8, 4) is 0 Å². The summed E-state index contributed by atoms with van der Waals surface area (Å²) in [6, 6.07) is 9.44. The lowest BCUT2D eigenvalue weighted by atomic mass is 10.0. The Labute approximate surface area is 98.7 Å². The summed E-state index contributed by atoms with van der Waals surface area (Å²) in [5, 5.41) is 3.31. The summed E-state index contributed by atoms with van der Waals surface area (Å²) in [5.74, 6) is 0. The molecule has 0 aromatic heterocycles. The zero-order valence-corrected chi connectivity index (χ0v) is 10.4. The first-order chi connectivity index (χ1) is 7.79. The topological polar surface area (TPSA) is 15.3 Å². The highest BCUT2D eigenvalue weighted by molar-refractivity contribution is 5.28. The summed E-state index contributed by atoms with van der Waals surface area (Å²) in [6.07, 6.45) is 2.52. The average molecular weight is 218 g/mol. The predicted molar refractivity (Wildman–Crippen MR) is 68.6 cm³/mol. The van der Waals surface area contributed by atoms with Crippen LogP contribution in [0.3, 0.4) is 0 Å². The first kappa shape index (κ1) is 11.6. The lowest BCUT2D eigenvalue weighted by Crippen LogP contribution is -2.37. The fourth-order valence-electron chi connectivity index (χ4n) is 2.40. The van der Waals surface area contributed by atoms with Crippen LogP contribution in [0.15, 0.2) is 24.3 Å². The summed E-state index contributed by atoms with van der Waals surface area (Å²) in [7, 11) is 2.04. The zero-order chi connectivity index (χ0) is 11.4. The Hall–Kier alpha value is -0.860. The largest absolute Gasteiger partial charge is 0.316 e. The van der Waals surface area contributed by atoms with E-state index in [0.717, 1.165) is 13.1 Å². The van der Waals surface area contributed by atoms with Crippen LogP contribution in [-0.2, 0) is 13.0 Å². The van der Waals surface area contributed by atoms with Crippen LogP contribution < -0.4 is 5.32 Å². The van der Waals surface area contributed by atoms with E-state index in [9.17, 15) is 0 Å². The molecule has 0 saturated carbocycles. The minimum absolute atomic E-state index is 0.574. The third kappa shape index (κ3) is 2.83. The van der Waals surface area contributed by atoms with Gasteiger partial charge in [-0.2, -0.15) is 0 Å². The molecular weight excluding hydrogens is 196 g/mol. The fourth-order valence-corrected chi connectivity index (χ4v) is 2.40. The quantitative estimate of drug-likeness (QED) is 0.835. The highest BCUT2D eigenvalue weighted by Crippen LogP contribution is 2.18. The molecule has 1 aromatic rings. The molecule has 0 radical (unpaired) electrons.